The lowest BCUT2D eigenvalue weighted by molar-refractivity contribution is 1.08. The molecule has 0 radical (unpaired) electrons. The number of nitrogens with zero attached hydrogens (tertiary/aromatic N) is 3. The standard InChI is InChI=1S/C11H8N4S/c1-7-9(6-12)11(16)15-10(14-7)8-2-4-13-5-3-8/h2-5H,1H3,(H,14,15,16). The van der Waals surface area contributed by atoms with Crippen molar-refractivity contribution in [1.82, 2.24) is 15.0 Å². The lowest BCUT2D eigenvalue weighted by atomic mass is 10.2. The highest BCUT2D eigenvalue weighted by atomic mass is 32.1. The molecular weight excluding hydrogens is 220 g/mol. The van der Waals surface area contributed by atoms with Crippen LogP contribution in [0.4, 0.5) is 0 Å². The fourth-order valence-corrected chi connectivity index (χ4v) is 1.65. The molecule has 2 aromatic heterocycles. The molecule has 0 saturated carbocycles. The Bertz CT molecular complexity index is 610. The molecule has 0 aliphatic heterocycles. The minimum absolute atomic E-state index is 0.325. The highest BCUT2D eigenvalue weighted by molar-refractivity contribution is 7.71. The molecule has 2 rings (SSSR count). The Labute approximate surface area is 97.6 Å². The first-order valence-electron chi connectivity index (χ1n) is 4.64. The predicted octanol–water partition coefficient (Wildman–Crippen LogP) is 2.38. The molecule has 0 aliphatic carbocycles. The van der Waals surface area contributed by atoms with Crippen LogP contribution in [0.2, 0.25) is 0 Å². The van der Waals surface area contributed by atoms with Crippen LogP contribution in [0.3, 0.4) is 0 Å². The molecule has 0 fully saturated rings. The van der Waals surface area contributed by atoms with Crippen molar-refractivity contribution in [2.45, 2.75) is 6.92 Å². The maximum absolute atomic E-state index is 8.87. The smallest absolute Gasteiger partial charge is 0.148 e. The van der Waals surface area contributed by atoms with E-state index in [1.165, 1.54) is 0 Å². The zero-order valence-corrected chi connectivity index (χ0v) is 9.38. The third kappa shape index (κ3) is 1.83. The second-order valence-corrected chi connectivity index (χ2v) is 3.62. The topological polar surface area (TPSA) is 65.4 Å². The van der Waals surface area contributed by atoms with Crippen LogP contribution >= 0.6 is 12.2 Å². The molecule has 0 atom stereocenters. The Morgan fingerprint density at radius 2 is 2.06 bits per heavy atom. The van der Waals surface area contributed by atoms with Gasteiger partial charge < -0.3 is 4.98 Å². The average Bonchev–Trinajstić information content (AvgIpc) is 2.30. The van der Waals surface area contributed by atoms with Gasteiger partial charge in [-0.25, -0.2) is 4.98 Å². The van der Waals surface area contributed by atoms with Gasteiger partial charge in [-0.1, -0.05) is 12.2 Å². The average molecular weight is 228 g/mol. The molecule has 1 N–H and O–H groups in total. The summed E-state index contributed by atoms with van der Waals surface area (Å²) in [7, 11) is 0. The van der Waals surface area contributed by atoms with Gasteiger partial charge in [-0.2, -0.15) is 5.26 Å². The van der Waals surface area contributed by atoms with E-state index in [0.29, 0.717) is 16.0 Å². The van der Waals surface area contributed by atoms with Gasteiger partial charge in [0.05, 0.1) is 0 Å². The molecule has 0 spiro atoms. The Balaban J connectivity index is 2.63. The van der Waals surface area contributed by atoms with Crippen molar-refractivity contribution in [2.24, 2.45) is 0 Å². The largest absolute Gasteiger partial charge is 0.342 e. The van der Waals surface area contributed by atoms with Gasteiger partial charge in [0.15, 0.2) is 0 Å². The number of aromatic amines is 1. The van der Waals surface area contributed by atoms with Crippen LogP contribution in [0.1, 0.15) is 11.3 Å². The van der Waals surface area contributed by atoms with Crippen LogP contribution in [-0.4, -0.2) is 15.0 Å². The number of nitriles is 1. The maximum atomic E-state index is 8.87. The van der Waals surface area contributed by atoms with Crippen molar-refractivity contribution in [3.05, 3.63) is 40.4 Å². The van der Waals surface area contributed by atoms with E-state index in [0.717, 1.165) is 11.3 Å². The molecule has 2 aromatic rings. The van der Waals surface area contributed by atoms with E-state index in [1.54, 1.807) is 19.3 Å². The summed E-state index contributed by atoms with van der Waals surface area (Å²) in [5.41, 5.74) is 2.05. The van der Waals surface area contributed by atoms with Crippen LogP contribution < -0.4 is 0 Å². The van der Waals surface area contributed by atoms with Crippen LogP contribution in [0.5, 0.6) is 0 Å². The second kappa shape index (κ2) is 4.21. The zero-order valence-electron chi connectivity index (χ0n) is 8.56. The summed E-state index contributed by atoms with van der Waals surface area (Å²) in [6.07, 6.45) is 3.36. The highest BCUT2D eigenvalue weighted by Gasteiger charge is 2.05. The van der Waals surface area contributed by atoms with E-state index in [9.17, 15) is 0 Å². The van der Waals surface area contributed by atoms with Crippen molar-refractivity contribution in [1.29, 1.82) is 5.26 Å². The number of aryl methyl sites for hydroxylation is 1. The lowest BCUT2D eigenvalue weighted by Crippen LogP contribution is -1.97. The molecule has 2 heterocycles. The van der Waals surface area contributed by atoms with Gasteiger partial charge in [-0.3, -0.25) is 4.98 Å². The highest BCUT2D eigenvalue weighted by Crippen LogP contribution is 2.15. The van der Waals surface area contributed by atoms with Crippen LogP contribution in [0, 0.1) is 22.9 Å². The minimum Gasteiger partial charge on any atom is -0.342 e. The first-order valence-corrected chi connectivity index (χ1v) is 5.04. The zero-order chi connectivity index (χ0) is 11.5. The molecule has 4 nitrogen and oxygen atoms in total. The number of rotatable bonds is 1. The lowest BCUT2D eigenvalue weighted by Gasteiger charge is -2.03. The van der Waals surface area contributed by atoms with E-state index in [1.807, 2.05) is 18.2 Å². The van der Waals surface area contributed by atoms with Crippen LogP contribution in [-0.2, 0) is 0 Å². The fourth-order valence-electron chi connectivity index (χ4n) is 1.36. The van der Waals surface area contributed by atoms with Gasteiger partial charge in [0.25, 0.3) is 0 Å². The molecule has 16 heavy (non-hydrogen) atoms. The summed E-state index contributed by atoms with van der Waals surface area (Å²) in [5.74, 6) is 0.656. The number of hydrogen-bond acceptors (Lipinski definition) is 4. The number of pyridine rings is 1. The van der Waals surface area contributed by atoms with E-state index < -0.39 is 0 Å². The Morgan fingerprint density at radius 1 is 1.38 bits per heavy atom. The van der Waals surface area contributed by atoms with Crippen molar-refractivity contribution in [2.75, 3.05) is 0 Å². The molecule has 0 amide bonds. The number of aromatic nitrogens is 3. The fraction of sp³-hybridized carbons (Fsp3) is 0.0909. The first-order chi connectivity index (χ1) is 7.72. The van der Waals surface area contributed by atoms with Gasteiger partial charge in [0.1, 0.15) is 22.1 Å². The van der Waals surface area contributed by atoms with Gasteiger partial charge in [-0.05, 0) is 19.1 Å². The van der Waals surface area contributed by atoms with Gasteiger partial charge >= 0.3 is 0 Å². The summed E-state index contributed by atoms with van der Waals surface area (Å²) in [6, 6.07) is 5.70. The summed E-state index contributed by atoms with van der Waals surface area (Å²) < 4.78 is 0.325. The summed E-state index contributed by atoms with van der Waals surface area (Å²) in [5, 5.41) is 8.87. The van der Waals surface area contributed by atoms with Crippen LogP contribution in [0.15, 0.2) is 24.5 Å². The van der Waals surface area contributed by atoms with Gasteiger partial charge in [0.2, 0.25) is 0 Å². The molecule has 0 unspecified atom stereocenters. The van der Waals surface area contributed by atoms with E-state index in [4.69, 9.17) is 17.5 Å². The van der Waals surface area contributed by atoms with E-state index in [-0.39, 0.29) is 0 Å². The minimum atomic E-state index is 0.325. The summed E-state index contributed by atoms with van der Waals surface area (Å²) in [6.45, 7) is 1.81. The van der Waals surface area contributed by atoms with Crippen molar-refractivity contribution in [3.63, 3.8) is 0 Å². The molecular formula is C11H8N4S. The van der Waals surface area contributed by atoms with E-state index >= 15 is 0 Å². The third-order valence-electron chi connectivity index (χ3n) is 2.17. The normalized spacial score (nSPS) is 9.75. The Hall–Kier alpha value is -2.06. The number of H-pyrrole nitrogens is 1. The summed E-state index contributed by atoms with van der Waals surface area (Å²) >= 11 is 5.06. The quantitative estimate of drug-likeness (QED) is 0.761. The van der Waals surface area contributed by atoms with Crippen molar-refractivity contribution in [3.8, 4) is 17.5 Å². The molecule has 0 saturated heterocycles. The molecule has 5 heteroatoms. The Kier molecular flexibility index (Phi) is 2.75. The SMILES string of the molecule is Cc1[nH]c(-c2ccncc2)nc(=S)c1C#N. The first kappa shape index (κ1) is 10.5. The monoisotopic (exact) mass is 228 g/mol. The maximum Gasteiger partial charge on any atom is 0.148 e. The third-order valence-corrected chi connectivity index (χ3v) is 2.47. The summed E-state index contributed by atoms with van der Waals surface area (Å²) in [4.78, 5) is 11.2. The number of nitrogens with one attached hydrogen (secondary N) is 1. The predicted molar refractivity (Wildman–Crippen MR) is 62.1 cm³/mol. The number of hydrogen-bond donors (Lipinski definition) is 1. The Morgan fingerprint density at radius 3 is 2.62 bits per heavy atom. The molecule has 0 aromatic carbocycles. The van der Waals surface area contributed by atoms with E-state index in [2.05, 4.69) is 15.0 Å². The van der Waals surface area contributed by atoms with Gasteiger partial charge in [0, 0.05) is 23.7 Å². The second-order valence-electron chi connectivity index (χ2n) is 3.24. The van der Waals surface area contributed by atoms with Crippen LogP contribution in [0.25, 0.3) is 11.4 Å². The molecule has 0 bridgehead atoms. The van der Waals surface area contributed by atoms with Gasteiger partial charge in [-0.15, -0.1) is 0 Å². The molecule has 0 aliphatic rings. The van der Waals surface area contributed by atoms with Crippen molar-refractivity contribution < 1.29 is 0 Å². The van der Waals surface area contributed by atoms with Crippen molar-refractivity contribution >= 4 is 12.2 Å². The molecule has 78 valence electrons.